The van der Waals surface area contributed by atoms with Crippen molar-refractivity contribution >= 4 is 29.4 Å². The summed E-state index contributed by atoms with van der Waals surface area (Å²) in [5.41, 5.74) is 9.56. The van der Waals surface area contributed by atoms with E-state index in [1.165, 1.54) is 26.4 Å². The third-order valence-electron chi connectivity index (χ3n) is 3.44. The summed E-state index contributed by atoms with van der Waals surface area (Å²) < 4.78 is 9.81. The molecule has 0 radical (unpaired) electrons. The molecule has 8 heteroatoms. The fraction of sp³-hybridized carbons (Fsp3) is 0.111. The lowest BCUT2D eigenvalue weighted by atomic mass is 10.0. The lowest BCUT2D eigenvalue weighted by Crippen LogP contribution is -2.04. The Morgan fingerprint density at radius 1 is 1.12 bits per heavy atom. The SMILES string of the molecule is COC(=O)/C(=C/c1cc(C(=O)c2ccc(Cl)cc2)ccc1OC)N=[N+]=[N-]. The number of hydrogen-bond acceptors (Lipinski definition) is 5. The highest BCUT2D eigenvalue weighted by Crippen LogP contribution is 2.25. The Kier molecular flexibility index (Phi) is 6.38. The predicted octanol–water partition coefficient (Wildman–Crippen LogP) is 4.40. The third-order valence-corrected chi connectivity index (χ3v) is 3.69. The molecule has 7 nitrogen and oxygen atoms in total. The van der Waals surface area contributed by atoms with Crippen molar-refractivity contribution in [3.05, 3.63) is 80.3 Å². The lowest BCUT2D eigenvalue weighted by Gasteiger charge is -2.09. The van der Waals surface area contributed by atoms with Gasteiger partial charge in [0.2, 0.25) is 0 Å². The molecule has 2 aromatic carbocycles. The van der Waals surface area contributed by atoms with Gasteiger partial charge < -0.3 is 9.47 Å². The number of rotatable bonds is 6. The summed E-state index contributed by atoms with van der Waals surface area (Å²) in [4.78, 5) is 26.9. The van der Waals surface area contributed by atoms with Gasteiger partial charge in [-0.1, -0.05) is 16.7 Å². The first-order valence-electron chi connectivity index (χ1n) is 7.33. The van der Waals surface area contributed by atoms with Gasteiger partial charge in [-0.15, -0.1) is 0 Å². The van der Waals surface area contributed by atoms with Crippen LogP contribution in [-0.4, -0.2) is 26.0 Å². The molecule has 0 saturated carbocycles. The molecular formula is C18H14ClN3O4. The maximum Gasteiger partial charge on any atom is 0.340 e. The zero-order valence-electron chi connectivity index (χ0n) is 14.0. The summed E-state index contributed by atoms with van der Waals surface area (Å²) in [6, 6.07) is 11.2. The average molecular weight is 372 g/mol. The Labute approximate surface area is 154 Å². The van der Waals surface area contributed by atoms with Gasteiger partial charge in [0.1, 0.15) is 11.4 Å². The summed E-state index contributed by atoms with van der Waals surface area (Å²) in [5.74, 6) is -0.645. The van der Waals surface area contributed by atoms with E-state index in [0.29, 0.717) is 27.5 Å². The first-order valence-corrected chi connectivity index (χ1v) is 7.71. The van der Waals surface area contributed by atoms with Gasteiger partial charge in [-0.2, -0.15) is 0 Å². The molecule has 0 fully saturated rings. The van der Waals surface area contributed by atoms with Crippen LogP contribution in [0.5, 0.6) is 5.75 Å². The number of halogens is 1. The number of azide groups is 1. The van der Waals surface area contributed by atoms with Gasteiger partial charge in [0.15, 0.2) is 5.78 Å². The number of methoxy groups -OCH3 is 2. The number of carbonyl (C=O) groups excluding carboxylic acids is 2. The van der Waals surface area contributed by atoms with Crippen LogP contribution in [0.25, 0.3) is 16.5 Å². The van der Waals surface area contributed by atoms with Crippen LogP contribution in [0.3, 0.4) is 0 Å². The Morgan fingerprint density at radius 2 is 1.77 bits per heavy atom. The minimum atomic E-state index is -0.806. The molecule has 26 heavy (non-hydrogen) atoms. The van der Waals surface area contributed by atoms with Gasteiger partial charge in [0.05, 0.1) is 14.2 Å². The number of ketones is 1. The fourth-order valence-corrected chi connectivity index (χ4v) is 2.31. The van der Waals surface area contributed by atoms with Crippen LogP contribution in [-0.2, 0) is 9.53 Å². The minimum Gasteiger partial charge on any atom is -0.496 e. The van der Waals surface area contributed by atoms with E-state index in [4.69, 9.17) is 21.9 Å². The molecule has 0 unspecified atom stereocenters. The normalized spacial score (nSPS) is 10.7. The summed E-state index contributed by atoms with van der Waals surface area (Å²) in [7, 11) is 2.61. The van der Waals surface area contributed by atoms with Crippen LogP contribution in [0.15, 0.2) is 53.3 Å². The van der Waals surface area contributed by atoms with Gasteiger partial charge in [-0.3, -0.25) is 4.79 Å². The molecule has 0 heterocycles. The van der Waals surface area contributed by atoms with Gasteiger partial charge in [0.25, 0.3) is 0 Å². The lowest BCUT2D eigenvalue weighted by molar-refractivity contribution is -0.136. The van der Waals surface area contributed by atoms with Crippen LogP contribution in [0.2, 0.25) is 5.02 Å². The quantitative estimate of drug-likeness (QED) is 0.187. The first kappa shape index (κ1) is 19.1. The summed E-state index contributed by atoms with van der Waals surface area (Å²) in [6.07, 6.45) is 1.29. The van der Waals surface area contributed by atoms with Crippen molar-refractivity contribution in [1.29, 1.82) is 0 Å². The van der Waals surface area contributed by atoms with Crippen molar-refractivity contribution < 1.29 is 19.1 Å². The fourth-order valence-electron chi connectivity index (χ4n) is 2.18. The Hall–Kier alpha value is -3.28. The van der Waals surface area contributed by atoms with E-state index in [1.807, 2.05) is 0 Å². The van der Waals surface area contributed by atoms with Gasteiger partial charge in [-0.05, 0) is 54.1 Å². The largest absolute Gasteiger partial charge is 0.496 e. The predicted molar refractivity (Wildman–Crippen MR) is 97.0 cm³/mol. The van der Waals surface area contributed by atoms with Crippen molar-refractivity contribution in [3.63, 3.8) is 0 Å². The minimum absolute atomic E-state index is 0.234. The van der Waals surface area contributed by atoms with E-state index in [2.05, 4.69) is 14.8 Å². The molecule has 0 saturated heterocycles. The van der Waals surface area contributed by atoms with Crippen LogP contribution < -0.4 is 4.74 Å². The highest BCUT2D eigenvalue weighted by atomic mass is 35.5. The highest BCUT2D eigenvalue weighted by molar-refractivity contribution is 6.30. The molecule has 132 valence electrons. The molecule has 0 aliphatic carbocycles. The molecule has 0 amide bonds. The number of ether oxygens (including phenoxy) is 2. The van der Waals surface area contributed by atoms with Crippen LogP contribution in [0.1, 0.15) is 21.5 Å². The standard InChI is InChI=1S/C18H14ClN3O4/c1-25-16-8-5-12(17(23)11-3-6-14(19)7-4-11)9-13(16)10-15(21-22-20)18(24)26-2/h3-10H,1-2H3/b15-10-. The number of esters is 1. The monoisotopic (exact) mass is 371 g/mol. The second kappa shape index (κ2) is 8.71. The van der Waals surface area contributed by atoms with Crippen molar-refractivity contribution in [2.45, 2.75) is 0 Å². The molecule has 0 atom stereocenters. The van der Waals surface area contributed by atoms with E-state index >= 15 is 0 Å². The second-order valence-electron chi connectivity index (χ2n) is 5.00. The Bertz CT molecular complexity index is 917. The van der Waals surface area contributed by atoms with E-state index in [1.54, 1.807) is 36.4 Å². The van der Waals surface area contributed by atoms with Crippen LogP contribution in [0, 0.1) is 0 Å². The van der Waals surface area contributed by atoms with Crippen LogP contribution >= 0.6 is 11.6 Å². The topological polar surface area (TPSA) is 101 Å². The third kappa shape index (κ3) is 4.42. The second-order valence-corrected chi connectivity index (χ2v) is 5.44. The number of nitrogens with zero attached hydrogens (tertiary/aromatic N) is 3. The van der Waals surface area contributed by atoms with E-state index in [-0.39, 0.29) is 11.5 Å². The molecule has 0 aliphatic heterocycles. The van der Waals surface area contributed by atoms with E-state index < -0.39 is 5.97 Å². The van der Waals surface area contributed by atoms with Crippen molar-refractivity contribution in [3.8, 4) is 5.75 Å². The highest BCUT2D eigenvalue weighted by Gasteiger charge is 2.14. The first-order chi connectivity index (χ1) is 12.5. The molecule has 0 bridgehead atoms. The maximum atomic E-state index is 12.6. The van der Waals surface area contributed by atoms with Crippen LogP contribution in [0.4, 0.5) is 0 Å². The van der Waals surface area contributed by atoms with Crippen molar-refractivity contribution in [1.82, 2.24) is 0 Å². The Morgan fingerprint density at radius 3 is 2.35 bits per heavy atom. The molecule has 0 N–H and O–H groups in total. The summed E-state index contributed by atoms with van der Waals surface area (Å²) in [5, 5.41) is 3.84. The van der Waals surface area contributed by atoms with E-state index in [0.717, 1.165) is 0 Å². The van der Waals surface area contributed by atoms with Gasteiger partial charge in [-0.25, -0.2) is 4.79 Å². The molecule has 2 rings (SSSR count). The number of hydrogen-bond donors (Lipinski definition) is 0. The number of carbonyl (C=O) groups is 2. The van der Waals surface area contributed by atoms with Crippen molar-refractivity contribution in [2.75, 3.05) is 14.2 Å². The summed E-state index contributed by atoms with van der Waals surface area (Å²) >= 11 is 5.84. The maximum absolute atomic E-state index is 12.6. The molecule has 0 spiro atoms. The van der Waals surface area contributed by atoms with Crippen molar-refractivity contribution in [2.24, 2.45) is 5.11 Å². The molecular weight excluding hydrogens is 358 g/mol. The molecule has 2 aromatic rings. The average Bonchev–Trinajstić information content (AvgIpc) is 2.67. The zero-order valence-corrected chi connectivity index (χ0v) is 14.7. The Balaban J connectivity index is 2.51. The summed E-state index contributed by atoms with van der Waals surface area (Å²) in [6.45, 7) is 0. The van der Waals surface area contributed by atoms with Gasteiger partial charge >= 0.3 is 5.97 Å². The smallest absolute Gasteiger partial charge is 0.340 e. The molecule has 0 aliphatic rings. The molecule has 0 aromatic heterocycles. The number of benzene rings is 2. The zero-order chi connectivity index (χ0) is 19.1. The van der Waals surface area contributed by atoms with Gasteiger partial charge in [0, 0.05) is 26.6 Å². The van der Waals surface area contributed by atoms with E-state index in [9.17, 15) is 9.59 Å².